The Hall–Kier alpha value is -3.98. The van der Waals surface area contributed by atoms with Crippen molar-refractivity contribution in [3.8, 4) is 22.8 Å². The molecule has 3 aromatic heterocycles. The molecule has 1 saturated heterocycles. The molecule has 1 fully saturated rings. The van der Waals surface area contributed by atoms with Gasteiger partial charge in [-0.2, -0.15) is 5.10 Å². The minimum Gasteiger partial charge on any atom is -0.457 e. The average molecular weight is 544 g/mol. The number of hydrogen-bond donors (Lipinski definition) is 0. The van der Waals surface area contributed by atoms with Crippen LogP contribution in [-0.4, -0.2) is 58.6 Å². The van der Waals surface area contributed by atoms with Crippen molar-refractivity contribution >= 4 is 39.6 Å². The number of alkyl halides is 1. The van der Waals surface area contributed by atoms with Gasteiger partial charge in [0.05, 0.1) is 34.5 Å². The van der Waals surface area contributed by atoms with E-state index in [2.05, 4.69) is 21.0 Å². The predicted molar refractivity (Wildman–Crippen MR) is 151 cm³/mol. The van der Waals surface area contributed by atoms with Crippen molar-refractivity contribution in [2.24, 2.45) is 7.05 Å². The second kappa shape index (κ2) is 9.96. The van der Waals surface area contributed by atoms with Gasteiger partial charge in [-0.3, -0.25) is 4.79 Å². The van der Waals surface area contributed by atoms with Crippen molar-refractivity contribution in [3.05, 3.63) is 60.3 Å². The van der Waals surface area contributed by atoms with Crippen LogP contribution < -0.4 is 4.74 Å². The molecule has 1 amide bonds. The predicted octanol–water partition coefficient (Wildman–Crippen LogP) is 5.58. The van der Waals surface area contributed by atoms with Crippen molar-refractivity contribution in [1.82, 2.24) is 34.2 Å². The molecule has 0 N–H and O–H groups in total. The first-order chi connectivity index (χ1) is 18.8. The van der Waals surface area contributed by atoms with Crippen molar-refractivity contribution in [2.45, 2.75) is 45.0 Å². The smallest absolute Gasteiger partial charge is 0.240 e. The first-order valence-corrected chi connectivity index (χ1v) is 13.6. The molecular formula is C29H30ClN7O2. The SMILES string of the molecule is Cc1cc(-c2nn([C@@H]3CCCN(C(=O)[C@H](C)Cl)C3)c3ncnc(C)c23)ccc1Oc1ccc2c(c1)ncn2C. The molecule has 2 atom stereocenters. The van der Waals surface area contributed by atoms with Crippen molar-refractivity contribution in [1.29, 1.82) is 0 Å². The Labute approximate surface area is 231 Å². The molecule has 0 saturated carbocycles. The van der Waals surface area contributed by atoms with E-state index in [9.17, 15) is 4.79 Å². The number of aromatic nitrogens is 6. The highest BCUT2D eigenvalue weighted by molar-refractivity contribution is 6.30. The van der Waals surface area contributed by atoms with Crippen LogP contribution in [0.1, 0.15) is 37.1 Å². The van der Waals surface area contributed by atoms with Gasteiger partial charge in [0.15, 0.2) is 5.65 Å². The lowest BCUT2D eigenvalue weighted by Gasteiger charge is -2.33. The summed E-state index contributed by atoms with van der Waals surface area (Å²) in [6, 6.07) is 12.0. The third kappa shape index (κ3) is 4.61. The number of carbonyl (C=O) groups excluding carboxylic acids is 1. The lowest BCUT2D eigenvalue weighted by atomic mass is 10.0. The summed E-state index contributed by atoms with van der Waals surface area (Å²) in [5.74, 6) is 1.46. The number of piperidine rings is 1. The fraction of sp³-hybridized carbons (Fsp3) is 0.345. The zero-order chi connectivity index (χ0) is 27.3. The van der Waals surface area contributed by atoms with Crippen molar-refractivity contribution in [3.63, 3.8) is 0 Å². The number of ether oxygens (including phenoxy) is 1. The average Bonchev–Trinajstić information content (AvgIpc) is 3.51. The van der Waals surface area contributed by atoms with Crippen LogP contribution in [0.25, 0.3) is 33.3 Å². The highest BCUT2D eigenvalue weighted by atomic mass is 35.5. The number of imidazole rings is 1. The van der Waals surface area contributed by atoms with Crippen LogP contribution >= 0.6 is 11.6 Å². The number of rotatable bonds is 5. The van der Waals surface area contributed by atoms with Gasteiger partial charge in [-0.25, -0.2) is 19.6 Å². The Bertz CT molecular complexity index is 1710. The third-order valence-corrected chi connectivity index (χ3v) is 7.63. The molecule has 1 aliphatic rings. The van der Waals surface area contributed by atoms with Gasteiger partial charge in [-0.05, 0) is 69.5 Å². The maximum Gasteiger partial charge on any atom is 0.240 e. The summed E-state index contributed by atoms with van der Waals surface area (Å²) < 4.78 is 10.2. The van der Waals surface area contributed by atoms with E-state index in [4.69, 9.17) is 21.4 Å². The van der Waals surface area contributed by atoms with Crippen LogP contribution in [0.3, 0.4) is 0 Å². The van der Waals surface area contributed by atoms with Gasteiger partial charge in [-0.1, -0.05) is 0 Å². The zero-order valence-corrected chi connectivity index (χ0v) is 23.2. The molecule has 0 spiro atoms. The van der Waals surface area contributed by atoms with Crippen LogP contribution in [0.2, 0.25) is 0 Å². The molecule has 9 nitrogen and oxygen atoms in total. The van der Waals surface area contributed by atoms with E-state index in [1.807, 2.05) is 65.4 Å². The molecule has 1 aliphatic heterocycles. The fourth-order valence-corrected chi connectivity index (χ4v) is 5.54. The summed E-state index contributed by atoms with van der Waals surface area (Å²) in [6.07, 6.45) is 5.17. The molecule has 39 heavy (non-hydrogen) atoms. The van der Waals surface area contributed by atoms with Crippen molar-refractivity contribution < 1.29 is 9.53 Å². The molecule has 0 aliphatic carbocycles. The van der Waals surface area contributed by atoms with Gasteiger partial charge < -0.3 is 14.2 Å². The van der Waals surface area contributed by atoms with E-state index in [1.165, 1.54) is 0 Å². The second-order valence-corrected chi connectivity index (χ2v) is 10.9. The summed E-state index contributed by atoms with van der Waals surface area (Å²) in [6.45, 7) is 6.99. The van der Waals surface area contributed by atoms with E-state index in [1.54, 1.807) is 19.6 Å². The first kappa shape index (κ1) is 25.3. The van der Waals surface area contributed by atoms with Gasteiger partial charge in [0, 0.05) is 31.8 Å². The van der Waals surface area contributed by atoms with Gasteiger partial charge in [0.2, 0.25) is 5.91 Å². The van der Waals surface area contributed by atoms with Crippen LogP contribution in [0.5, 0.6) is 11.5 Å². The molecule has 0 unspecified atom stereocenters. The Morgan fingerprint density at radius 1 is 1.13 bits per heavy atom. The molecule has 6 rings (SSSR count). The molecule has 4 heterocycles. The van der Waals surface area contributed by atoms with Crippen LogP contribution in [0, 0.1) is 13.8 Å². The van der Waals surface area contributed by atoms with Crippen LogP contribution in [-0.2, 0) is 11.8 Å². The maximum absolute atomic E-state index is 12.6. The minimum absolute atomic E-state index is 0.00823. The number of hydrogen-bond acceptors (Lipinski definition) is 6. The number of benzene rings is 2. The normalized spacial score (nSPS) is 16.6. The van der Waals surface area contributed by atoms with Gasteiger partial charge in [0.25, 0.3) is 0 Å². The number of aryl methyl sites for hydroxylation is 3. The van der Waals surface area contributed by atoms with E-state index in [0.29, 0.717) is 13.1 Å². The third-order valence-electron chi connectivity index (χ3n) is 7.45. The van der Waals surface area contributed by atoms with Crippen molar-refractivity contribution in [2.75, 3.05) is 13.1 Å². The molecular weight excluding hydrogens is 514 g/mol. The fourth-order valence-electron chi connectivity index (χ4n) is 5.40. The number of fused-ring (bicyclic) bond motifs is 2. The quantitative estimate of drug-likeness (QED) is 0.269. The summed E-state index contributed by atoms with van der Waals surface area (Å²) in [7, 11) is 1.97. The molecule has 5 aromatic rings. The monoisotopic (exact) mass is 543 g/mol. The molecule has 0 bridgehead atoms. The number of nitrogens with zero attached hydrogens (tertiary/aromatic N) is 7. The van der Waals surface area contributed by atoms with E-state index >= 15 is 0 Å². The number of carbonyl (C=O) groups is 1. The molecule has 2 aromatic carbocycles. The Kier molecular flexibility index (Phi) is 6.46. The van der Waals surface area contributed by atoms with Crippen LogP contribution in [0.4, 0.5) is 0 Å². The number of amides is 1. The van der Waals surface area contributed by atoms with Crippen LogP contribution in [0.15, 0.2) is 49.1 Å². The van der Waals surface area contributed by atoms with Gasteiger partial charge in [0.1, 0.15) is 28.9 Å². The van der Waals surface area contributed by atoms with Gasteiger partial charge >= 0.3 is 0 Å². The van der Waals surface area contributed by atoms with E-state index < -0.39 is 5.38 Å². The molecule has 0 radical (unpaired) electrons. The summed E-state index contributed by atoms with van der Waals surface area (Å²) >= 11 is 6.11. The summed E-state index contributed by atoms with van der Waals surface area (Å²) in [5, 5.41) is 5.43. The summed E-state index contributed by atoms with van der Waals surface area (Å²) in [5.41, 5.74) is 6.34. The zero-order valence-electron chi connectivity index (χ0n) is 22.4. The largest absolute Gasteiger partial charge is 0.457 e. The Balaban J connectivity index is 1.34. The Morgan fingerprint density at radius 3 is 2.77 bits per heavy atom. The second-order valence-electron chi connectivity index (χ2n) is 10.2. The summed E-state index contributed by atoms with van der Waals surface area (Å²) in [4.78, 5) is 28.0. The highest BCUT2D eigenvalue weighted by Gasteiger charge is 2.30. The molecule has 200 valence electrons. The van der Waals surface area contributed by atoms with E-state index in [-0.39, 0.29) is 11.9 Å². The first-order valence-electron chi connectivity index (χ1n) is 13.1. The lowest BCUT2D eigenvalue weighted by Crippen LogP contribution is -2.43. The minimum atomic E-state index is -0.548. The molecule has 10 heteroatoms. The number of halogens is 1. The van der Waals surface area contributed by atoms with E-state index in [0.717, 1.165) is 68.9 Å². The maximum atomic E-state index is 12.6. The number of likely N-dealkylation sites (tertiary alicyclic amines) is 1. The Morgan fingerprint density at radius 2 is 1.97 bits per heavy atom. The standard InChI is InChI=1S/C29H30ClN7O2/c1-17-12-20(7-10-25(17)39-22-8-9-24-23(13-22)33-16-35(24)4)27-26-19(3)31-15-32-28(26)37(34-27)21-6-5-11-36(14-21)29(38)18(2)30/h7-10,12-13,15-16,18,21H,5-6,11,14H2,1-4H3/t18-,21+/m0/s1. The highest BCUT2D eigenvalue weighted by Crippen LogP contribution is 2.36. The lowest BCUT2D eigenvalue weighted by molar-refractivity contribution is -0.132. The van der Waals surface area contributed by atoms with Gasteiger partial charge in [-0.15, -0.1) is 11.6 Å². The topological polar surface area (TPSA) is 91.0 Å².